The van der Waals surface area contributed by atoms with Crippen LogP contribution < -0.4 is 15.9 Å². The highest BCUT2D eigenvalue weighted by atomic mass is 32.2. The van der Waals surface area contributed by atoms with Gasteiger partial charge in [-0.1, -0.05) is 54.1 Å². The minimum Gasteiger partial charge on any atom is -0.285 e. The topological polar surface area (TPSA) is 97.7 Å². The molecule has 3 rings (SSSR count). The molecule has 170 valence electrons. The first-order valence-corrected chi connectivity index (χ1v) is 14.1. The third kappa shape index (κ3) is 5.63. The van der Waals surface area contributed by atoms with Crippen molar-refractivity contribution >= 4 is 44.1 Å². The highest BCUT2D eigenvalue weighted by molar-refractivity contribution is 7.87. The number of benzene rings is 3. The third-order valence-corrected chi connectivity index (χ3v) is 9.58. The van der Waals surface area contributed by atoms with Gasteiger partial charge >= 0.3 is 0 Å². The van der Waals surface area contributed by atoms with Gasteiger partial charge in [-0.15, -0.1) is 0 Å². The van der Waals surface area contributed by atoms with Crippen molar-refractivity contribution in [1.29, 1.82) is 0 Å². The van der Waals surface area contributed by atoms with Gasteiger partial charge in [0, 0.05) is 0 Å². The Balaban J connectivity index is 2.26. The molecule has 0 fully saturated rings. The maximum atomic E-state index is 12.5. The van der Waals surface area contributed by atoms with Crippen LogP contribution in [0.3, 0.4) is 0 Å². The quantitative estimate of drug-likeness (QED) is 0.309. The van der Waals surface area contributed by atoms with Crippen molar-refractivity contribution in [2.24, 2.45) is 0 Å². The summed E-state index contributed by atoms with van der Waals surface area (Å²) in [5.41, 5.74) is 2.88. The Morgan fingerprint density at radius 2 is 1.41 bits per heavy atom. The first kappa shape index (κ1) is 24.6. The molecule has 3 aromatic carbocycles. The number of aryl methyl sites for hydroxylation is 3. The minimum atomic E-state index is -4.20. The summed E-state index contributed by atoms with van der Waals surface area (Å²) in [7, 11) is -8.18. The van der Waals surface area contributed by atoms with Gasteiger partial charge in [-0.2, -0.15) is 16.8 Å². The molecule has 0 bridgehead atoms. The van der Waals surface area contributed by atoms with Gasteiger partial charge in [-0.05, 0) is 73.4 Å². The summed E-state index contributed by atoms with van der Waals surface area (Å²) in [6.07, 6.45) is 0. The Kier molecular flexibility index (Phi) is 7.22. The molecule has 1 N–H and O–H groups in total. The van der Waals surface area contributed by atoms with Crippen molar-refractivity contribution in [2.75, 3.05) is 7.11 Å². The molecular weight excluding hydrogens is 467 g/mol. The molecule has 6 nitrogen and oxygen atoms in total. The molecule has 0 amide bonds. The molecule has 0 aliphatic heterocycles. The van der Waals surface area contributed by atoms with E-state index in [0.29, 0.717) is 11.1 Å². The normalized spacial score (nSPS) is 13.2. The summed E-state index contributed by atoms with van der Waals surface area (Å²) in [5, 5.41) is 2.62. The van der Waals surface area contributed by atoms with E-state index in [1.165, 1.54) is 0 Å². The molecule has 0 saturated heterocycles. The number of hydrogen-bond donors (Lipinski definition) is 1. The fraction of sp³-hybridized carbons (Fsp3) is 0.217. The summed E-state index contributed by atoms with van der Waals surface area (Å²) in [4.78, 5) is 0.0999. The number of rotatable bonds is 7. The van der Waals surface area contributed by atoms with Crippen molar-refractivity contribution < 1.29 is 25.6 Å². The molecule has 0 saturated carbocycles. The van der Waals surface area contributed by atoms with E-state index in [1.807, 2.05) is 49.4 Å². The third-order valence-electron chi connectivity index (χ3n) is 5.11. The zero-order valence-electron chi connectivity index (χ0n) is 18.2. The predicted molar refractivity (Wildman–Crippen MR) is 129 cm³/mol. The van der Waals surface area contributed by atoms with Crippen molar-refractivity contribution in [3.63, 3.8) is 0 Å². The van der Waals surface area contributed by atoms with Gasteiger partial charge in [0.05, 0.1) is 12.0 Å². The maximum absolute atomic E-state index is 12.5. The SMILES string of the molecule is COS(=O)(=O)c1cc(P(c2cccc(C)c2)c2ccc(C)c(CS(=O)(=O)O)c2)ccc1C. The summed E-state index contributed by atoms with van der Waals surface area (Å²) in [5.74, 6) is -0.485. The molecule has 3 aromatic rings. The van der Waals surface area contributed by atoms with Crippen LogP contribution in [0.2, 0.25) is 0 Å². The second-order valence-corrected chi connectivity index (χ2v) is 12.9. The van der Waals surface area contributed by atoms with Gasteiger partial charge in [0.2, 0.25) is 0 Å². The van der Waals surface area contributed by atoms with Crippen molar-refractivity contribution in [1.82, 2.24) is 0 Å². The highest BCUT2D eigenvalue weighted by Gasteiger charge is 2.23. The van der Waals surface area contributed by atoms with E-state index in [-0.39, 0.29) is 4.90 Å². The van der Waals surface area contributed by atoms with Crippen LogP contribution in [0.1, 0.15) is 22.3 Å². The Labute approximate surface area is 190 Å². The van der Waals surface area contributed by atoms with E-state index in [4.69, 9.17) is 4.18 Å². The lowest BCUT2D eigenvalue weighted by Gasteiger charge is -2.22. The van der Waals surface area contributed by atoms with Crippen LogP contribution >= 0.6 is 7.92 Å². The molecule has 1 atom stereocenters. The van der Waals surface area contributed by atoms with E-state index >= 15 is 0 Å². The fourth-order valence-electron chi connectivity index (χ4n) is 3.45. The minimum absolute atomic E-state index is 0.0999. The van der Waals surface area contributed by atoms with Crippen molar-refractivity contribution in [3.8, 4) is 0 Å². The smallest absolute Gasteiger partial charge is 0.285 e. The van der Waals surface area contributed by atoms with Gasteiger partial charge in [0.15, 0.2) is 0 Å². The summed E-state index contributed by atoms with van der Waals surface area (Å²) in [6, 6.07) is 18.7. The molecule has 9 heteroatoms. The van der Waals surface area contributed by atoms with Gasteiger partial charge < -0.3 is 0 Å². The van der Waals surface area contributed by atoms with Crippen LogP contribution in [0.15, 0.2) is 65.6 Å². The fourth-order valence-corrected chi connectivity index (χ4v) is 7.61. The van der Waals surface area contributed by atoms with E-state index < -0.39 is 33.9 Å². The highest BCUT2D eigenvalue weighted by Crippen LogP contribution is 2.35. The Bertz CT molecular complexity index is 1360. The molecule has 32 heavy (non-hydrogen) atoms. The molecule has 0 radical (unpaired) electrons. The van der Waals surface area contributed by atoms with E-state index in [2.05, 4.69) is 0 Å². The molecular formula is C23H25O6PS2. The second kappa shape index (κ2) is 9.41. The molecule has 0 aliphatic rings. The first-order valence-electron chi connectivity index (χ1n) is 9.74. The zero-order chi connectivity index (χ0) is 23.7. The molecule has 0 spiro atoms. The number of hydrogen-bond acceptors (Lipinski definition) is 5. The second-order valence-electron chi connectivity index (χ2n) is 7.58. The van der Waals surface area contributed by atoms with Crippen molar-refractivity contribution in [3.05, 3.63) is 82.9 Å². The standard InChI is InChI=1S/C23H25O6PS2/c1-16-6-5-7-20(12-16)30(21-10-8-17(2)19(13-21)15-31(24,25)26)22-11-9-18(3)23(14-22)32(27,28)29-4/h5-14H,15H2,1-4H3,(H,24,25,26). The molecule has 0 aromatic heterocycles. The van der Waals surface area contributed by atoms with Crippen LogP contribution in [-0.4, -0.2) is 28.5 Å². The molecule has 1 unspecified atom stereocenters. The van der Waals surface area contributed by atoms with Gasteiger partial charge in [-0.3, -0.25) is 8.74 Å². The average Bonchev–Trinajstić information content (AvgIpc) is 2.70. The van der Waals surface area contributed by atoms with Gasteiger partial charge in [-0.25, -0.2) is 0 Å². The first-order chi connectivity index (χ1) is 14.9. The summed E-state index contributed by atoms with van der Waals surface area (Å²) < 4.78 is 62.1. The van der Waals surface area contributed by atoms with E-state index in [0.717, 1.165) is 34.2 Å². The lowest BCUT2D eigenvalue weighted by atomic mass is 10.1. The van der Waals surface area contributed by atoms with Crippen molar-refractivity contribution in [2.45, 2.75) is 31.4 Å². The summed E-state index contributed by atoms with van der Waals surface area (Å²) >= 11 is 0. The van der Waals surface area contributed by atoms with Crippen LogP contribution in [-0.2, 0) is 30.2 Å². The Hall–Kier alpha value is -2.09. The van der Waals surface area contributed by atoms with Crippen LogP contribution in [0.4, 0.5) is 0 Å². The van der Waals surface area contributed by atoms with Crippen LogP contribution in [0, 0.1) is 20.8 Å². The Morgan fingerprint density at radius 3 is 2.00 bits per heavy atom. The monoisotopic (exact) mass is 492 g/mol. The molecule has 0 aliphatic carbocycles. The van der Waals surface area contributed by atoms with Crippen LogP contribution in [0.5, 0.6) is 0 Å². The van der Waals surface area contributed by atoms with Crippen LogP contribution in [0.25, 0.3) is 0 Å². The largest absolute Gasteiger partial charge is 0.296 e. The predicted octanol–water partition coefficient (Wildman–Crippen LogP) is 3.09. The van der Waals surface area contributed by atoms with E-state index in [1.54, 1.807) is 32.0 Å². The lowest BCUT2D eigenvalue weighted by molar-refractivity contribution is 0.397. The van der Waals surface area contributed by atoms with E-state index in [9.17, 15) is 21.4 Å². The summed E-state index contributed by atoms with van der Waals surface area (Å²) in [6.45, 7) is 5.47. The van der Waals surface area contributed by atoms with Gasteiger partial charge in [0.25, 0.3) is 20.2 Å². The zero-order valence-corrected chi connectivity index (χ0v) is 20.8. The van der Waals surface area contributed by atoms with Gasteiger partial charge in [0.1, 0.15) is 5.75 Å². The Morgan fingerprint density at radius 1 is 0.812 bits per heavy atom. The molecule has 0 heterocycles. The lowest BCUT2D eigenvalue weighted by Crippen LogP contribution is -2.23. The average molecular weight is 493 g/mol. The maximum Gasteiger partial charge on any atom is 0.296 e.